The third kappa shape index (κ3) is 17.3. The van der Waals surface area contributed by atoms with E-state index in [2.05, 4.69) is 16.0 Å². The summed E-state index contributed by atoms with van der Waals surface area (Å²) < 4.78 is 10.3. The second-order valence-corrected chi connectivity index (χ2v) is 9.49. The molecule has 182 valence electrons. The summed E-state index contributed by atoms with van der Waals surface area (Å²) in [7, 11) is 0. The highest BCUT2D eigenvalue weighted by atomic mass is 16.6. The Morgan fingerprint density at radius 2 is 1.39 bits per heavy atom. The first-order valence-electron chi connectivity index (χ1n) is 10.8. The average Bonchev–Trinajstić information content (AvgIpc) is 2.60. The molecule has 0 rings (SSSR count). The van der Waals surface area contributed by atoms with Crippen molar-refractivity contribution in [3.05, 3.63) is 0 Å². The van der Waals surface area contributed by atoms with Crippen LogP contribution in [0.1, 0.15) is 73.6 Å². The van der Waals surface area contributed by atoms with E-state index in [9.17, 15) is 19.5 Å². The van der Waals surface area contributed by atoms with Gasteiger partial charge in [0, 0.05) is 13.1 Å². The molecule has 0 aliphatic carbocycles. The van der Waals surface area contributed by atoms with E-state index < -0.39 is 35.5 Å². The molecule has 0 aromatic rings. The number of ether oxygens (including phenoxy) is 2. The predicted octanol–water partition coefficient (Wildman–Crippen LogP) is 1.79. The van der Waals surface area contributed by atoms with Gasteiger partial charge in [-0.2, -0.15) is 0 Å². The Morgan fingerprint density at radius 3 is 1.94 bits per heavy atom. The Kier molecular flexibility index (Phi) is 13.1. The van der Waals surface area contributed by atoms with Crippen molar-refractivity contribution in [1.82, 2.24) is 16.0 Å². The number of amides is 3. The highest BCUT2D eigenvalue weighted by Crippen LogP contribution is 2.08. The average molecular weight is 447 g/mol. The summed E-state index contributed by atoms with van der Waals surface area (Å²) in [5, 5.41) is 17.4. The first kappa shape index (κ1) is 28.9. The lowest BCUT2D eigenvalue weighted by atomic mass is 10.1. The molecule has 0 spiro atoms. The van der Waals surface area contributed by atoms with E-state index >= 15 is 0 Å². The number of aliphatic hydroxyl groups is 1. The van der Waals surface area contributed by atoms with Crippen LogP contribution < -0.4 is 21.7 Å². The van der Waals surface area contributed by atoms with Crippen molar-refractivity contribution >= 4 is 18.1 Å². The van der Waals surface area contributed by atoms with E-state index in [4.69, 9.17) is 15.2 Å². The lowest BCUT2D eigenvalue weighted by Gasteiger charge is -2.22. The Morgan fingerprint density at radius 1 is 0.839 bits per heavy atom. The van der Waals surface area contributed by atoms with Gasteiger partial charge in [-0.15, -0.1) is 0 Å². The molecular formula is C21H42N4O6. The van der Waals surface area contributed by atoms with E-state index in [1.165, 1.54) is 0 Å². The summed E-state index contributed by atoms with van der Waals surface area (Å²) in [5.41, 5.74) is 4.72. The standard InChI is InChI=1S/C21H42N4O6/c1-20(2,3)30-18(28)24-13-9-11-16(22)17(27)23-12-8-7-10-15(14-26)25-19(29)31-21(4,5)6/h15-16,26H,7-14,22H2,1-6H3,(H,23,27)(H,24,28)(H,25,29)/t15-,16-/m0/s1. The highest BCUT2D eigenvalue weighted by molar-refractivity contribution is 5.81. The van der Waals surface area contributed by atoms with Gasteiger partial charge in [0.05, 0.1) is 18.7 Å². The van der Waals surface area contributed by atoms with Gasteiger partial charge in [0.25, 0.3) is 0 Å². The van der Waals surface area contributed by atoms with Gasteiger partial charge in [-0.3, -0.25) is 4.79 Å². The van der Waals surface area contributed by atoms with Crippen LogP contribution in [0.25, 0.3) is 0 Å². The van der Waals surface area contributed by atoms with E-state index in [-0.39, 0.29) is 12.5 Å². The lowest BCUT2D eigenvalue weighted by Crippen LogP contribution is -2.42. The monoisotopic (exact) mass is 446 g/mol. The van der Waals surface area contributed by atoms with E-state index in [0.717, 1.165) is 0 Å². The topological polar surface area (TPSA) is 152 Å². The van der Waals surface area contributed by atoms with Crippen LogP contribution >= 0.6 is 0 Å². The lowest BCUT2D eigenvalue weighted by molar-refractivity contribution is -0.122. The second kappa shape index (κ2) is 14.1. The van der Waals surface area contributed by atoms with Crippen LogP contribution in [0.5, 0.6) is 0 Å². The van der Waals surface area contributed by atoms with Gasteiger partial charge in [0.1, 0.15) is 11.2 Å². The number of nitrogens with one attached hydrogen (secondary N) is 3. The van der Waals surface area contributed by atoms with Crippen molar-refractivity contribution in [2.75, 3.05) is 19.7 Å². The number of nitrogens with two attached hydrogens (primary N) is 1. The summed E-state index contributed by atoms with van der Waals surface area (Å²) in [6.07, 6.45) is 1.89. The maximum absolute atomic E-state index is 12.0. The number of alkyl carbamates (subject to hydrolysis) is 2. The third-order valence-corrected chi connectivity index (χ3v) is 3.92. The maximum Gasteiger partial charge on any atom is 0.407 e. The molecule has 10 nitrogen and oxygen atoms in total. The molecule has 0 aromatic carbocycles. The van der Waals surface area contributed by atoms with Gasteiger partial charge >= 0.3 is 12.2 Å². The first-order chi connectivity index (χ1) is 14.2. The van der Waals surface area contributed by atoms with Gasteiger partial charge in [0.2, 0.25) is 5.91 Å². The first-order valence-corrected chi connectivity index (χ1v) is 10.8. The number of carbonyl (C=O) groups excluding carboxylic acids is 3. The SMILES string of the molecule is CC(C)(C)OC(=O)NCCC[C@H](N)C(=O)NCCCC[C@@H](CO)NC(=O)OC(C)(C)C. The fraction of sp³-hybridized carbons (Fsp3) is 0.857. The van der Waals surface area contributed by atoms with Crippen LogP contribution in [-0.4, -0.2) is 66.2 Å². The number of unbranched alkanes of at least 4 members (excludes halogenated alkanes) is 1. The fourth-order valence-electron chi connectivity index (χ4n) is 2.50. The van der Waals surface area contributed by atoms with Crippen LogP contribution in [0, 0.1) is 0 Å². The third-order valence-electron chi connectivity index (χ3n) is 3.92. The Balaban J connectivity index is 3.92. The number of aliphatic hydroxyl groups excluding tert-OH is 1. The zero-order valence-electron chi connectivity index (χ0n) is 19.9. The van der Waals surface area contributed by atoms with Crippen LogP contribution in [0.15, 0.2) is 0 Å². The molecule has 0 heterocycles. The van der Waals surface area contributed by atoms with Crippen molar-refractivity contribution < 1.29 is 29.0 Å². The maximum atomic E-state index is 12.0. The number of rotatable bonds is 12. The second-order valence-electron chi connectivity index (χ2n) is 9.49. The Hall–Kier alpha value is -2.07. The predicted molar refractivity (Wildman–Crippen MR) is 119 cm³/mol. The molecule has 31 heavy (non-hydrogen) atoms. The summed E-state index contributed by atoms with van der Waals surface area (Å²) in [6.45, 7) is 11.3. The summed E-state index contributed by atoms with van der Waals surface area (Å²) in [5.74, 6) is -0.247. The van der Waals surface area contributed by atoms with E-state index in [0.29, 0.717) is 45.2 Å². The minimum atomic E-state index is -0.653. The molecule has 0 saturated heterocycles. The van der Waals surface area contributed by atoms with Crippen molar-refractivity contribution in [2.24, 2.45) is 5.73 Å². The summed E-state index contributed by atoms with van der Waals surface area (Å²) in [6, 6.07) is -1.05. The van der Waals surface area contributed by atoms with Crippen LogP contribution in [-0.2, 0) is 14.3 Å². The van der Waals surface area contributed by atoms with Gasteiger partial charge in [-0.25, -0.2) is 9.59 Å². The number of carbonyl (C=O) groups is 3. The van der Waals surface area contributed by atoms with Crippen molar-refractivity contribution in [3.8, 4) is 0 Å². The molecule has 0 radical (unpaired) electrons. The van der Waals surface area contributed by atoms with Gasteiger partial charge in [-0.1, -0.05) is 0 Å². The summed E-state index contributed by atoms with van der Waals surface area (Å²) in [4.78, 5) is 35.3. The van der Waals surface area contributed by atoms with Gasteiger partial charge in [0.15, 0.2) is 0 Å². The number of hydrogen-bond acceptors (Lipinski definition) is 7. The largest absolute Gasteiger partial charge is 0.444 e. The Labute approximate surface area is 186 Å². The molecule has 0 fully saturated rings. The number of hydrogen-bond donors (Lipinski definition) is 5. The molecule has 3 amide bonds. The normalized spacial score (nSPS) is 13.7. The van der Waals surface area contributed by atoms with Crippen molar-refractivity contribution in [2.45, 2.75) is 96.9 Å². The molecule has 2 atom stereocenters. The molecule has 0 aromatic heterocycles. The molecule has 10 heteroatoms. The molecule has 0 aliphatic heterocycles. The van der Waals surface area contributed by atoms with Crippen LogP contribution in [0.2, 0.25) is 0 Å². The highest BCUT2D eigenvalue weighted by Gasteiger charge is 2.19. The smallest absolute Gasteiger partial charge is 0.407 e. The van der Waals surface area contributed by atoms with Crippen LogP contribution in [0.4, 0.5) is 9.59 Å². The van der Waals surface area contributed by atoms with E-state index in [1.54, 1.807) is 41.5 Å². The quantitative estimate of drug-likeness (QED) is 0.287. The molecule has 0 saturated carbocycles. The molecule has 0 unspecified atom stereocenters. The van der Waals surface area contributed by atoms with E-state index in [1.807, 2.05) is 0 Å². The van der Waals surface area contributed by atoms with Crippen molar-refractivity contribution in [3.63, 3.8) is 0 Å². The van der Waals surface area contributed by atoms with Gasteiger partial charge in [-0.05, 0) is 73.6 Å². The molecule has 0 aliphatic rings. The zero-order valence-corrected chi connectivity index (χ0v) is 19.9. The fourth-order valence-corrected chi connectivity index (χ4v) is 2.50. The van der Waals surface area contributed by atoms with Gasteiger partial charge < -0.3 is 36.3 Å². The molecular weight excluding hydrogens is 404 g/mol. The zero-order chi connectivity index (χ0) is 24.1. The summed E-state index contributed by atoms with van der Waals surface area (Å²) >= 11 is 0. The minimum absolute atomic E-state index is 0.187. The Bertz CT molecular complexity index is 557. The minimum Gasteiger partial charge on any atom is -0.444 e. The van der Waals surface area contributed by atoms with Crippen molar-refractivity contribution in [1.29, 1.82) is 0 Å². The molecule has 0 bridgehead atoms. The van der Waals surface area contributed by atoms with Crippen LogP contribution in [0.3, 0.4) is 0 Å². The molecule has 6 N–H and O–H groups in total.